The van der Waals surface area contributed by atoms with Crippen LogP contribution in [-0.4, -0.2) is 31.1 Å². The number of hydrogen-bond acceptors (Lipinski definition) is 3. The largest absolute Gasteiger partial charge is 0.492 e. The van der Waals surface area contributed by atoms with Gasteiger partial charge in [-0.15, -0.1) is 11.3 Å². The maximum absolute atomic E-state index is 5.76. The van der Waals surface area contributed by atoms with Crippen molar-refractivity contribution in [1.82, 2.24) is 4.90 Å². The average Bonchev–Trinajstić information content (AvgIpc) is 2.93. The third-order valence-electron chi connectivity index (χ3n) is 3.36. The predicted molar refractivity (Wildman–Crippen MR) is 89.8 cm³/mol. The van der Waals surface area contributed by atoms with E-state index in [1.54, 1.807) is 0 Å². The van der Waals surface area contributed by atoms with Crippen molar-refractivity contribution in [3.05, 3.63) is 51.1 Å². The monoisotopic (exact) mass is 353 g/mol. The van der Waals surface area contributed by atoms with E-state index in [2.05, 4.69) is 52.3 Å². The van der Waals surface area contributed by atoms with Gasteiger partial charge in [0.05, 0.1) is 0 Å². The molecule has 4 heteroatoms. The van der Waals surface area contributed by atoms with Crippen molar-refractivity contribution in [2.75, 3.05) is 20.2 Å². The van der Waals surface area contributed by atoms with Crippen LogP contribution in [0.3, 0.4) is 0 Å². The summed E-state index contributed by atoms with van der Waals surface area (Å²) in [4.78, 5) is 3.79. The number of benzene rings is 1. The average molecular weight is 354 g/mol. The number of thiophene rings is 1. The van der Waals surface area contributed by atoms with E-state index in [0.717, 1.165) is 23.2 Å². The first-order chi connectivity index (χ1) is 9.65. The summed E-state index contributed by atoms with van der Waals surface area (Å²) in [6.07, 6.45) is 1.10. The molecule has 0 spiro atoms. The van der Waals surface area contributed by atoms with Crippen molar-refractivity contribution in [3.8, 4) is 5.75 Å². The second-order valence-corrected chi connectivity index (χ2v) is 6.86. The molecule has 0 N–H and O–H groups in total. The van der Waals surface area contributed by atoms with E-state index in [-0.39, 0.29) is 0 Å². The summed E-state index contributed by atoms with van der Waals surface area (Å²) >= 11 is 5.25. The summed E-state index contributed by atoms with van der Waals surface area (Å²) in [7, 11) is 2.16. The van der Waals surface area contributed by atoms with Crippen molar-refractivity contribution in [1.29, 1.82) is 0 Å². The summed E-state index contributed by atoms with van der Waals surface area (Å²) in [5.74, 6) is 0.924. The first-order valence-corrected chi connectivity index (χ1v) is 8.43. The van der Waals surface area contributed by atoms with Crippen LogP contribution in [-0.2, 0) is 6.42 Å². The Labute approximate surface area is 133 Å². The van der Waals surface area contributed by atoms with Gasteiger partial charge in [0.1, 0.15) is 12.4 Å². The van der Waals surface area contributed by atoms with Gasteiger partial charge < -0.3 is 4.74 Å². The van der Waals surface area contributed by atoms with Gasteiger partial charge in [-0.3, -0.25) is 4.90 Å². The molecule has 2 rings (SSSR count). The minimum Gasteiger partial charge on any atom is -0.492 e. The Morgan fingerprint density at radius 1 is 1.25 bits per heavy atom. The molecule has 1 unspecified atom stereocenters. The fourth-order valence-corrected chi connectivity index (χ4v) is 3.03. The van der Waals surface area contributed by atoms with Gasteiger partial charge in [0.15, 0.2) is 0 Å². The Morgan fingerprint density at radius 3 is 2.65 bits per heavy atom. The number of ether oxygens (including phenoxy) is 1. The Hall–Kier alpha value is -0.840. The van der Waals surface area contributed by atoms with Crippen LogP contribution in [0, 0.1) is 0 Å². The molecule has 0 radical (unpaired) electrons. The molecule has 0 fully saturated rings. The third-order valence-corrected chi connectivity index (χ3v) is 4.78. The lowest BCUT2D eigenvalue weighted by Crippen LogP contribution is -2.34. The summed E-state index contributed by atoms with van der Waals surface area (Å²) in [6, 6.07) is 12.8. The van der Waals surface area contributed by atoms with Crippen molar-refractivity contribution in [2.45, 2.75) is 19.4 Å². The quantitative estimate of drug-likeness (QED) is 0.728. The molecule has 0 aliphatic carbocycles. The van der Waals surface area contributed by atoms with Gasteiger partial charge in [-0.1, -0.05) is 22.0 Å². The van der Waals surface area contributed by atoms with Crippen molar-refractivity contribution in [3.63, 3.8) is 0 Å². The molecule has 1 heterocycles. The number of hydrogen-bond donors (Lipinski definition) is 0. The van der Waals surface area contributed by atoms with Crippen LogP contribution in [0.5, 0.6) is 5.75 Å². The smallest absolute Gasteiger partial charge is 0.119 e. The first-order valence-electron chi connectivity index (χ1n) is 6.76. The fourth-order valence-electron chi connectivity index (χ4n) is 1.93. The zero-order chi connectivity index (χ0) is 14.4. The lowest BCUT2D eigenvalue weighted by Gasteiger charge is -2.24. The highest BCUT2D eigenvalue weighted by molar-refractivity contribution is 9.10. The highest BCUT2D eigenvalue weighted by Gasteiger charge is 2.10. The van der Waals surface area contributed by atoms with Crippen LogP contribution in [0.2, 0.25) is 0 Å². The highest BCUT2D eigenvalue weighted by atomic mass is 79.9. The number of likely N-dealkylation sites (N-methyl/N-ethyl adjacent to an activating group) is 1. The number of rotatable bonds is 7. The van der Waals surface area contributed by atoms with Gasteiger partial charge in [-0.25, -0.2) is 0 Å². The van der Waals surface area contributed by atoms with Crippen LogP contribution in [0.25, 0.3) is 0 Å². The maximum atomic E-state index is 5.76. The minimum atomic E-state index is 0.530. The molecule has 1 atom stereocenters. The van der Waals surface area contributed by atoms with Gasteiger partial charge >= 0.3 is 0 Å². The Balaban J connectivity index is 1.71. The third kappa shape index (κ3) is 4.93. The second-order valence-electron chi connectivity index (χ2n) is 4.92. The molecule has 0 saturated carbocycles. The lowest BCUT2D eigenvalue weighted by molar-refractivity contribution is 0.199. The van der Waals surface area contributed by atoms with E-state index in [1.807, 2.05) is 35.6 Å². The van der Waals surface area contributed by atoms with Gasteiger partial charge in [-0.05, 0) is 56.1 Å². The lowest BCUT2D eigenvalue weighted by atomic mass is 10.2. The molecule has 2 nitrogen and oxygen atoms in total. The molecule has 0 aliphatic rings. The predicted octanol–water partition coefficient (Wildman–Crippen LogP) is 4.45. The van der Waals surface area contributed by atoms with Gasteiger partial charge in [-0.2, -0.15) is 0 Å². The highest BCUT2D eigenvalue weighted by Crippen LogP contribution is 2.16. The van der Waals surface area contributed by atoms with E-state index in [4.69, 9.17) is 4.74 Å². The molecular weight excluding hydrogens is 334 g/mol. The van der Waals surface area contributed by atoms with Crippen LogP contribution >= 0.6 is 27.3 Å². The van der Waals surface area contributed by atoms with Crippen LogP contribution in [0.1, 0.15) is 11.8 Å². The zero-order valence-corrected chi connectivity index (χ0v) is 14.3. The van der Waals surface area contributed by atoms with Crippen molar-refractivity contribution < 1.29 is 4.74 Å². The molecule has 0 bridgehead atoms. The Morgan fingerprint density at radius 2 is 2.00 bits per heavy atom. The molecule has 20 heavy (non-hydrogen) atoms. The Bertz CT molecular complexity index is 498. The topological polar surface area (TPSA) is 12.5 Å². The summed E-state index contributed by atoms with van der Waals surface area (Å²) in [5, 5.41) is 2.14. The van der Waals surface area contributed by atoms with Crippen LogP contribution < -0.4 is 4.74 Å². The molecule has 108 valence electrons. The van der Waals surface area contributed by atoms with E-state index < -0.39 is 0 Å². The molecular formula is C16H20BrNOS. The number of nitrogens with zero attached hydrogens (tertiary/aromatic N) is 1. The maximum Gasteiger partial charge on any atom is 0.119 e. The van der Waals surface area contributed by atoms with Gasteiger partial charge in [0, 0.05) is 21.9 Å². The van der Waals surface area contributed by atoms with Crippen molar-refractivity contribution in [2.24, 2.45) is 0 Å². The zero-order valence-electron chi connectivity index (χ0n) is 11.9. The standard InChI is InChI=1S/C16H20BrNOS/c1-13(12-16-4-3-11-20-16)18(2)9-10-19-15-7-5-14(17)6-8-15/h3-8,11,13H,9-10,12H2,1-2H3. The summed E-state index contributed by atoms with van der Waals surface area (Å²) in [6.45, 7) is 3.91. The molecule has 0 saturated heterocycles. The molecule has 0 aliphatic heterocycles. The summed E-state index contributed by atoms with van der Waals surface area (Å²) < 4.78 is 6.83. The van der Waals surface area contributed by atoms with Gasteiger partial charge in [0.2, 0.25) is 0 Å². The van der Waals surface area contributed by atoms with E-state index >= 15 is 0 Å². The second kappa shape index (κ2) is 7.81. The Kier molecular flexibility index (Phi) is 6.07. The van der Waals surface area contributed by atoms with E-state index in [0.29, 0.717) is 12.6 Å². The number of halogens is 1. The van der Waals surface area contributed by atoms with E-state index in [9.17, 15) is 0 Å². The summed E-state index contributed by atoms with van der Waals surface area (Å²) in [5.41, 5.74) is 0. The molecule has 1 aromatic carbocycles. The van der Waals surface area contributed by atoms with Crippen LogP contribution in [0.15, 0.2) is 46.3 Å². The van der Waals surface area contributed by atoms with Crippen LogP contribution in [0.4, 0.5) is 0 Å². The molecule has 1 aromatic heterocycles. The van der Waals surface area contributed by atoms with E-state index in [1.165, 1.54) is 4.88 Å². The molecule has 2 aromatic rings. The fraction of sp³-hybridized carbons (Fsp3) is 0.375. The SMILES string of the molecule is CC(Cc1cccs1)N(C)CCOc1ccc(Br)cc1. The minimum absolute atomic E-state index is 0.530. The van der Waals surface area contributed by atoms with Crippen molar-refractivity contribution >= 4 is 27.3 Å². The molecule has 0 amide bonds. The first kappa shape index (κ1) is 15.5. The van der Waals surface area contributed by atoms with Gasteiger partial charge in [0.25, 0.3) is 0 Å². The normalized spacial score (nSPS) is 12.6.